The maximum Gasteiger partial charge on any atom is 0.445 e. The molecule has 2 aliphatic heterocycles. The van der Waals surface area contributed by atoms with Gasteiger partial charge in [0.1, 0.15) is 5.04 Å². The van der Waals surface area contributed by atoms with Gasteiger partial charge in [0.05, 0.1) is 19.8 Å². The highest BCUT2D eigenvalue weighted by Gasteiger charge is 2.48. The van der Waals surface area contributed by atoms with Crippen molar-refractivity contribution in [2.24, 2.45) is 15.9 Å². The number of hydrogen-bond donors (Lipinski definition) is 0. The summed E-state index contributed by atoms with van der Waals surface area (Å²) in [7, 11) is 4.73. The molecule has 4 amide bonds. The molecule has 2 aliphatic rings. The summed E-state index contributed by atoms with van der Waals surface area (Å²) in [4.78, 5) is 47.7. The maximum absolute atomic E-state index is 12.5. The van der Waals surface area contributed by atoms with E-state index in [1.807, 2.05) is 6.92 Å². The van der Waals surface area contributed by atoms with Crippen molar-refractivity contribution >= 4 is 46.3 Å². The Kier molecular flexibility index (Phi) is 4.98. The van der Waals surface area contributed by atoms with Gasteiger partial charge in [0, 0.05) is 20.5 Å². The standard InChI is InChI=1S/C14H20N5O3S/c1-6-17(3)9(20)7-23-12-10-11(15-8(2)16-12)18(4)14(22)19(5)13(10)21/h10H,6-7H2,1-5H3/q+1. The average molecular weight is 338 g/mol. The van der Waals surface area contributed by atoms with Crippen molar-refractivity contribution in [2.75, 3.05) is 33.4 Å². The zero-order valence-corrected chi connectivity index (χ0v) is 14.7. The Balaban J connectivity index is 2.30. The fraction of sp³-hybridized carbons (Fsp3) is 0.571. The Morgan fingerprint density at radius 3 is 2.65 bits per heavy atom. The highest BCUT2D eigenvalue weighted by molar-refractivity contribution is 8.14. The number of thioether (sulfide) groups is 1. The molecule has 2 heterocycles. The number of nitrogens with zero attached hydrogens (tertiary/aromatic N) is 5. The van der Waals surface area contributed by atoms with Crippen LogP contribution in [0.1, 0.15) is 13.8 Å². The van der Waals surface area contributed by atoms with Gasteiger partial charge >= 0.3 is 11.9 Å². The first kappa shape index (κ1) is 17.3. The van der Waals surface area contributed by atoms with Gasteiger partial charge < -0.3 is 4.90 Å². The fourth-order valence-electron chi connectivity index (χ4n) is 2.22. The Hall–Kier alpha value is -2.03. The quantitative estimate of drug-likeness (QED) is 0.692. The van der Waals surface area contributed by atoms with Gasteiger partial charge in [0.15, 0.2) is 5.92 Å². The van der Waals surface area contributed by atoms with Crippen molar-refractivity contribution in [1.29, 1.82) is 0 Å². The molecule has 0 fully saturated rings. The molecule has 1 unspecified atom stereocenters. The van der Waals surface area contributed by atoms with E-state index in [0.29, 0.717) is 23.3 Å². The zero-order chi connectivity index (χ0) is 17.3. The van der Waals surface area contributed by atoms with Crippen molar-refractivity contribution in [3.05, 3.63) is 0 Å². The second kappa shape index (κ2) is 6.61. The van der Waals surface area contributed by atoms with Crippen LogP contribution in [0.2, 0.25) is 0 Å². The number of rotatable bonds is 3. The number of carbonyl (C=O) groups is 3. The van der Waals surface area contributed by atoms with Crippen molar-refractivity contribution in [1.82, 2.24) is 9.80 Å². The van der Waals surface area contributed by atoms with Crippen molar-refractivity contribution in [3.63, 3.8) is 0 Å². The van der Waals surface area contributed by atoms with Crippen LogP contribution in [0.25, 0.3) is 0 Å². The number of aliphatic imine (C=N–C) groups is 2. The average Bonchev–Trinajstić information content (AvgIpc) is 2.54. The van der Waals surface area contributed by atoms with Gasteiger partial charge in [-0.05, 0) is 6.92 Å². The number of amidine groups is 2. The van der Waals surface area contributed by atoms with Crippen LogP contribution < -0.4 is 0 Å². The molecule has 0 saturated heterocycles. The molecule has 0 aromatic carbocycles. The molecular weight excluding hydrogens is 318 g/mol. The molecule has 9 heteroatoms. The monoisotopic (exact) mass is 338 g/mol. The van der Waals surface area contributed by atoms with Gasteiger partial charge in [-0.25, -0.2) is 9.79 Å². The van der Waals surface area contributed by atoms with E-state index in [0.717, 1.165) is 4.90 Å². The van der Waals surface area contributed by atoms with Crippen molar-refractivity contribution < 1.29 is 19.0 Å². The van der Waals surface area contributed by atoms with Gasteiger partial charge in [-0.3, -0.25) is 9.59 Å². The fourth-order valence-corrected chi connectivity index (χ4v) is 3.28. The molecule has 124 valence electrons. The lowest BCUT2D eigenvalue weighted by Crippen LogP contribution is -2.54. The highest BCUT2D eigenvalue weighted by Crippen LogP contribution is 2.25. The Bertz CT molecular complexity index is 667. The van der Waals surface area contributed by atoms with E-state index in [1.165, 1.54) is 23.4 Å². The third-order valence-corrected chi connectivity index (χ3v) is 4.81. The second-order valence-electron chi connectivity index (χ2n) is 5.34. The van der Waals surface area contributed by atoms with Gasteiger partial charge in [-0.15, -0.1) is 0 Å². The van der Waals surface area contributed by atoms with Crippen LogP contribution in [0.4, 0.5) is 4.79 Å². The molecule has 2 rings (SSSR count). The predicted molar refractivity (Wildman–Crippen MR) is 89.2 cm³/mol. The minimum Gasteiger partial charge on any atom is -0.345 e. The number of amides is 4. The largest absolute Gasteiger partial charge is 0.445 e. The molecule has 0 aromatic heterocycles. The second-order valence-corrected chi connectivity index (χ2v) is 6.33. The molecule has 1 atom stereocenters. The number of fused-ring (bicyclic) bond motifs is 1. The normalized spacial score (nSPS) is 21.1. The van der Waals surface area contributed by atoms with Crippen LogP contribution in [0.5, 0.6) is 0 Å². The van der Waals surface area contributed by atoms with Crippen LogP contribution >= 0.6 is 11.8 Å². The summed E-state index contributed by atoms with van der Waals surface area (Å²) in [6, 6.07) is -0.425. The lowest BCUT2D eigenvalue weighted by atomic mass is 10.1. The van der Waals surface area contributed by atoms with E-state index < -0.39 is 11.9 Å². The predicted octanol–water partition coefficient (Wildman–Crippen LogP) is 0.277. The molecule has 0 spiro atoms. The minimum absolute atomic E-state index is 0.0389. The number of hydrogen-bond acceptors (Lipinski definition) is 6. The van der Waals surface area contributed by atoms with E-state index in [1.54, 1.807) is 25.9 Å². The van der Waals surface area contributed by atoms with Crippen LogP contribution in [-0.4, -0.2) is 82.4 Å². The van der Waals surface area contributed by atoms with Crippen LogP contribution in [0.3, 0.4) is 0 Å². The SMILES string of the molecule is CCN(C)C(=O)CSC1=NC(C)=NC2=[N+](C)C(=O)N(C)C(=O)C12. The molecule has 0 bridgehead atoms. The maximum atomic E-state index is 12.5. The van der Waals surface area contributed by atoms with E-state index in [4.69, 9.17) is 0 Å². The topological polar surface area (TPSA) is 85.4 Å². The number of urea groups is 1. The molecule has 0 saturated carbocycles. The van der Waals surface area contributed by atoms with Gasteiger partial charge in [-0.1, -0.05) is 16.8 Å². The summed E-state index contributed by atoms with van der Waals surface area (Å²) >= 11 is 1.22. The molecule has 0 radical (unpaired) electrons. The van der Waals surface area contributed by atoms with Crippen molar-refractivity contribution in [2.45, 2.75) is 13.8 Å². The molecule has 0 aromatic rings. The minimum atomic E-state index is -0.726. The molecular formula is C14H20N5O3S+. The van der Waals surface area contributed by atoms with Gasteiger partial charge in [0.2, 0.25) is 11.7 Å². The lowest BCUT2D eigenvalue weighted by molar-refractivity contribution is -0.407. The Morgan fingerprint density at radius 2 is 2.04 bits per heavy atom. The molecule has 0 N–H and O–H groups in total. The Morgan fingerprint density at radius 1 is 1.39 bits per heavy atom. The van der Waals surface area contributed by atoms with Crippen molar-refractivity contribution in [3.8, 4) is 0 Å². The number of imide groups is 1. The smallest absolute Gasteiger partial charge is 0.345 e. The summed E-state index contributed by atoms with van der Waals surface area (Å²) in [6.07, 6.45) is 0. The first-order valence-corrected chi connectivity index (χ1v) is 8.19. The molecule has 0 aliphatic carbocycles. The summed E-state index contributed by atoms with van der Waals surface area (Å²) < 4.78 is 1.35. The van der Waals surface area contributed by atoms with E-state index in [-0.39, 0.29) is 17.6 Å². The summed E-state index contributed by atoms with van der Waals surface area (Å²) in [5.41, 5.74) is 0. The summed E-state index contributed by atoms with van der Waals surface area (Å²) in [5, 5.41) is 0.501. The Labute approximate surface area is 138 Å². The zero-order valence-electron chi connectivity index (χ0n) is 13.9. The third-order valence-electron chi connectivity index (χ3n) is 3.79. The van der Waals surface area contributed by atoms with E-state index >= 15 is 0 Å². The highest BCUT2D eigenvalue weighted by atomic mass is 32.2. The van der Waals surface area contributed by atoms with Crippen LogP contribution in [0, 0.1) is 5.92 Å². The lowest BCUT2D eigenvalue weighted by Gasteiger charge is -2.26. The summed E-state index contributed by atoms with van der Waals surface area (Å²) in [5.74, 6) is -0.119. The molecule has 8 nitrogen and oxygen atoms in total. The first-order valence-electron chi connectivity index (χ1n) is 7.20. The van der Waals surface area contributed by atoms with Gasteiger partial charge in [-0.2, -0.15) is 9.48 Å². The van der Waals surface area contributed by atoms with Crippen LogP contribution in [0.15, 0.2) is 9.98 Å². The first-order chi connectivity index (χ1) is 10.8. The molecule has 23 heavy (non-hydrogen) atoms. The van der Waals surface area contributed by atoms with E-state index in [9.17, 15) is 14.4 Å². The van der Waals surface area contributed by atoms with E-state index in [2.05, 4.69) is 9.98 Å². The van der Waals surface area contributed by atoms with Gasteiger partial charge in [0.25, 0.3) is 5.84 Å². The number of carbonyl (C=O) groups excluding carboxylic acids is 3. The summed E-state index contributed by atoms with van der Waals surface area (Å²) in [6.45, 7) is 4.21. The third kappa shape index (κ3) is 3.19. The van der Waals surface area contributed by atoms with Crippen LogP contribution in [-0.2, 0) is 9.59 Å².